The van der Waals surface area contributed by atoms with Gasteiger partial charge in [-0.25, -0.2) is 0 Å². The third-order valence-corrected chi connectivity index (χ3v) is 6.90. The lowest BCUT2D eigenvalue weighted by Crippen LogP contribution is -2.62. The van der Waals surface area contributed by atoms with Gasteiger partial charge >= 0.3 is 0 Å². The summed E-state index contributed by atoms with van der Waals surface area (Å²) in [6, 6.07) is 7.14. The van der Waals surface area contributed by atoms with E-state index in [1.165, 1.54) is 0 Å². The summed E-state index contributed by atoms with van der Waals surface area (Å²) in [6.07, 6.45) is -16.1. The van der Waals surface area contributed by atoms with E-state index in [2.05, 4.69) is 0 Å². The first-order valence-corrected chi connectivity index (χ1v) is 12.0. The number of carbonyl (C=O) groups is 1. The fourth-order valence-corrected chi connectivity index (χ4v) is 4.60. The van der Waals surface area contributed by atoms with Crippen LogP contribution >= 0.6 is 0 Å². The van der Waals surface area contributed by atoms with Crippen molar-refractivity contribution in [1.82, 2.24) is 4.90 Å². The molecule has 14 nitrogen and oxygen atoms in total. The van der Waals surface area contributed by atoms with Crippen LogP contribution in [0.15, 0.2) is 24.3 Å². The van der Waals surface area contributed by atoms with Gasteiger partial charge in [-0.1, -0.05) is 18.2 Å². The van der Waals surface area contributed by atoms with Crippen LogP contribution in [0.4, 0.5) is 5.69 Å². The zero-order valence-electron chi connectivity index (χ0n) is 19.9. The number of nitrogen functional groups attached to an aromatic ring is 1. The van der Waals surface area contributed by atoms with Gasteiger partial charge in [0, 0.05) is 25.2 Å². The predicted octanol–water partition coefficient (Wildman–Crippen LogP) is -3.99. The molecular weight excluding hydrogens is 496 g/mol. The number of carbonyl (C=O) groups excluding carboxylic acids is 1. The summed E-state index contributed by atoms with van der Waals surface area (Å²) in [5.74, 6) is -0.353. The van der Waals surface area contributed by atoms with Gasteiger partial charge in [-0.2, -0.15) is 0 Å². The molecule has 37 heavy (non-hydrogen) atoms. The zero-order chi connectivity index (χ0) is 26.9. The number of aliphatic hydroxyl groups is 7. The molecule has 1 aromatic carbocycles. The highest BCUT2D eigenvalue weighted by Gasteiger charge is 2.49. The second-order valence-corrected chi connectivity index (χ2v) is 9.42. The molecule has 208 valence electrons. The molecule has 0 saturated carbocycles. The maximum atomic E-state index is 12.9. The molecule has 3 aliphatic rings. The Morgan fingerprint density at radius 3 is 2.19 bits per heavy atom. The van der Waals surface area contributed by atoms with Crippen LogP contribution in [0.25, 0.3) is 0 Å². The molecule has 0 aliphatic carbocycles. The molecule has 3 fully saturated rings. The SMILES string of the molecule is Nc1ccccc1CN1CC[C@@H](O[C@@H]2O[C@H](CO[C@@H]3O[C@H](CO)[C@@H](O)[C@H](O)[C@H]3O)[C@@H](O)[C@H](O)[C@H]2O)C1=O. The smallest absolute Gasteiger partial charge is 0.252 e. The van der Waals surface area contributed by atoms with Crippen molar-refractivity contribution >= 4 is 11.6 Å². The van der Waals surface area contributed by atoms with Crippen LogP contribution in [-0.2, 0) is 30.3 Å². The Balaban J connectivity index is 1.35. The van der Waals surface area contributed by atoms with Gasteiger partial charge in [0.25, 0.3) is 5.91 Å². The number of anilines is 1. The van der Waals surface area contributed by atoms with Gasteiger partial charge in [-0.05, 0) is 11.6 Å². The van der Waals surface area contributed by atoms with Gasteiger partial charge in [0.2, 0.25) is 0 Å². The minimum absolute atomic E-state index is 0.274. The summed E-state index contributed by atoms with van der Waals surface area (Å²) in [5.41, 5.74) is 7.28. The van der Waals surface area contributed by atoms with E-state index in [0.717, 1.165) is 5.56 Å². The number of aliphatic hydroxyl groups excluding tert-OH is 7. The topological polar surface area (TPSA) is 225 Å². The number of likely N-dealkylation sites (tertiary alicyclic amines) is 1. The number of hydrogen-bond donors (Lipinski definition) is 8. The lowest BCUT2D eigenvalue weighted by atomic mass is 9.98. The van der Waals surface area contributed by atoms with E-state index in [4.69, 9.17) is 24.7 Å². The quantitative estimate of drug-likeness (QED) is 0.150. The van der Waals surface area contributed by atoms with Crippen molar-refractivity contribution in [2.75, 3.05) is 25.5 Å². The van der Waals surface area contributed by atoms with Crippen molar-refractivity contribution in [3.63, 3.8) is 0 Å². The van der Waals surface area contributed by atoms with Gasteiger partial charge in [0.05, 0.1) is 13.2 Å². The Hall–Kier alpha value is -1.95. The van der Waals surface area contributed by atoms with E-state index < -0.39 is 80.7 Å². The molecule has 0 unspecified atom stereocenters. The average molecular weight is 531 g/mol. The van der Waals surface area contributed by atoms with E-state index >= 15 is 0 Å². The Morgan fingerprint density at radius 2 is 1.51 bits per heavy atom. The highest BCUT2D eigenvalue weighted by atomic mass is 16.7. The zero-order valence-corrected chi connectivity index (χ0v) is 19.9. The molecule has 0 spiro atoms. The molecule has 1 amide bonds. The van der Waals surface area contributed by atoms with Crippen LogP contribution in [-0.4, -0.2) is 134 Å². The van der Waals surface area contributed by atoms with E-state index in [1.54, 1.807) is 17.0 Å². The lowest BCUT2D eigenvalue weighted by Gasteiger charge is -2.43. The highest BCUT2D eigenvalue weighted by Crippen LogP contribution is 2.28. The molecule has 11 atom stereocenters. The second kappa shape index (κ2) is 11.8. The van der Waals surface area contributed by atoms with E-state index in [1.807, 2.05) is 12.1 Å². The fourth-order valence-electron chi connectivity index (χ4n) is 4.60. The third kappa shape index (κ3) is 5.89. The van der Waals surface area contributed by atoms with Crippen molar-refractivity contribution in [2.24, 2.45) is 0 Å². The van der Waals surface area contributed by atoms with Crippen molar-refractivity contribution < 1.29 is 59.5 Å². The van der Waals surface area contributed by atoms with Crippen LogP contribution in [0.2, 0.25) is 0 Å². The van der Waals surface area contributed by atoms with Crippen molar-refractivity contribution in [1.29, 1.82) is 0 Å². The van der Waals surface area contributed by atoms with E-state index in [9.17, 15) is 40.5 Å². The number of amides is 1. The number of para-hydroxylation sites is 1. The Labute approximate surface area is 212 Å². The first kappa shape index (κ1) is 28.1. The van der Waals surface area contributed by atoms with Crippen LogP contribution in [0, 0.1) is 0 Å². The van der Waals surface area contributed by atoms with Crippen molar-refractivity contribution in [3.8, 4) is 0 Å². The second-order valence-electron chi connectivity index (χ2n) is 9.42. The van der Waals surface area contributed by atoms with Gasteiger partial charge in [0.1, 0.15) is 54.9 Å². The Morgan fingerprint density at radius 1 is 0.892 bits per heavy atom. The minimum Gasteiger partial charge on any atom is -0.398 e. The first-order chi connectivity index (χ1) is 17.6. The number of nitrogens with two attached hydrogens (primary N) is 1. The predicted molar refractivity (Wildman–Crippen MR) is 122 cm³/mol. The van der Waals surface area contributed by atoms with Gasteiger partial charge < -0.3 is 65.3 Å². The van der Waals surface area contributed by atoms with E-state index in [-0.39, 0.29) is 12.5 Å². The molecule has 1 aromatic rings. The molecule has 0 bridgehead atoms. The molecule has 4 rings (SSSR count). The Kier molecular flexibility index (Phi) is 8.98. The fraction of sp³-hybridized carbons (Fsp3) is 0.696. The molecule has 3 aliphatic heterocycles. The number of benzene rings is 1. The monoisotopic (exact) mass is 530 g/mol. The summed E-state index contributed by atoms with van der Waals surface area (Å²) in [6.45, 7) is -0.505. The largest absolute Gasteiger partial charge is 0.398 e. The summed E-state index contributed by atoms with van der Waals surface area (Å²) >= 11 is 0. The molecular formula is C23H34N2O12. The molecule has 3 heterocycles. The number of nitrogens with zero attached hydrogens (tertiary/aromatic N) is 1. The van der Waals surface area contributed by atoms with Gasteiger partial charge in [-0.15, -0.1) is 0 Å². The third-order valence-electron chi connectivity index (χ3n) is 6.90. The summed E-state index contributed by atoms with van der Waals surface area (Å²) in [5, 5.41) is 70.3. The van der Waals surface area contributed by atoms with Crippen molar-refractivity contribution in [3.05, 3.63) is 29.8 Å². The molecule has 0 aromatic heterocycles. The molecule has 0 radical (unpaired) electrons. The Bertz CT molecular complexity index is 921. The van der Waals surface area contributed by atoms with Crippen LogP contribution in [0.5, 0.6) is 0 Å². The highest BCUT2D eigenvalue weighted by molar-refractivity contribution is 5.83. The summed E-state index contributed by atoms with van der Waals surface area (Å²) < 4.78 is 21.9. The molecule has 9 N–H and O–H groups in total. The standard InChI is InChI=1S/C23H34N2O12/c24-11-4-2-1-3-10(11)7-25-6-5-12(21(25)33)35-23-20(32)18(30)16(28)14(37-23)9-34-22-19(31)17(29)15(27)13(8-26)36-22/h1-4,12-20,22-23,26-32H,5-9,24H2/t12-,13-,14-,15-,16-,17+,18+,19-,20-,22-,23-/m1/s1. The van der Waals surface area contributed by atoms with Gasteiger partial charge in [0.15, 0.2) is 12.6 Å². The number of hydrogen-bond acceptors (Lipinski definition) is 13. The minimum atomic E-state index is -1.71. The summed E-state index contributed by atoms with van der Waals surface area (Å²) in [4.78, 5) is 14.4. The molecule has 14 heteroatoms. The van der Waals surface area contributed by atoms with Crippen molar-refractivity contribution in [2.45, 2.75) is 80.5 Å². The normalized spacial score (nSPS) is 40.8. The van der Waals surface area contributed by atoms with Crippen LogP contribution < -0.4 is 5.73 Å². The van der Waals surface area contributed by atoms with Crippen LogP contribution in [0.3, 0.4) is 0 Å². The average Bonchev–Trinajstić information content (AvgIpc) is 3.23. The van der Waals surface area contributed by atoms with Gasteiger partial charge in [-0.3, -0.25) is 4.79 Å². The van der Waals surface area contributed by atoms with Crippen LogP contribution in [0.1, 0.15) is 12.0 Å². The number of rotatable bonds is 8. The maximum absolute atomic E-state index is 12.9. The number of ether oxygens (including phenoxy) is 4. The summed E-state index contributed by atoms with van der Waals surface area (Å²) in [7, 11) is 0. The molecule has 3 saturated heterocycles. The van der Waals surface area contributed by atoms with E-state index in [0.29, 0.717) is 18.7 Å². The lowest BCUT2D eigenvalue weighted by molar-refractivity contribution is -0.334. The maximum Gasteiger partial charge on any atom is 0.252 e. The first-order valence-electron chi connectivity index (χ1n) is 12.0.